The van der Waals surface area contributed by atoms with Crippen molar-refractivity contribution >= 4 is 5.91 Å². The Balaban J connectivity index is 2.19. The van der Waals surface area contributed by atoms with Crippen molar-refractivity contribution in [2.45, 2.75) is 18.7 Å². The first-order valence-corrected chi connectivity index (χ1v) is 7.19. The van der Waals surface area contributed by atoms with Gasteiger partial charge in [0.15, 0.2) is 5.69 Å². The zero-order chi connectivity index (χ0) is 17.8. The van der Waals surface area contributed by atoms with Gasteiger partial charge in [-0.3, -0.25) is 9.78 Å². The fraction of sp³-hybridized carbons (Fsp3) is 0.294. The standard InChI is InChI=1S/C17H17F3N2O2/c1-16(24-2,12-7-4-3-5-8-12)11-22-15(23)13-9-6-10-21-14(13)17(18,19)20/h3-10H,11H2,1-2H3,(H,22,23)/t16-/m0/s1. The molecular formula is C17H17F3N2O2. The predicted octanol–water partition coefficient (Wildman–Crippen LogP) is 3.39. The monoisotopic (exact) mass is 338 g/mol. The molecule has 0 aliphatic heterocycles. The number of rotatable bonds is 5. The summed E-state index contributed by atoms with van der Waals surface area (Å²) in [5, 5.41) is 2.50. The van der Waals surface area contributed by atoms with E-state index in [1.807, 2.05) is 30.3 Å². The van der Waals surface area contributed by atoms with Gasteiger partial charge in [0, 0.05) is 13.3 Å². The minimum atomic E-state index is -4.70. The van der Waals surface area contributed by atoms with E-state index in [4.69, 9.17) is 4.74 Å². The summed E-state index contributed by atoms with van der Waals surface area (Å²) in [6.45, 7) is 1.76. The van der Waals surface area contributed by atoms with Gasteiger partial charge >= 0.3 is 6.18 Å². The number of ether oxygens (including phenoxy) is 1. The molecule has 0 aliphatic carbocycles. The molecule has 0 saturated carbocycles. The van der Waals surface area contributed by atoms with Crippen molar-refractivity contribution in [3.63, 3.8) is 0 Å². The van der Waals surface area contributed by atoms with Crippen LogP contribution in [0.1, 0.15) is 28.5 Å². The number of pyridine rings is 1. The van der Waals surface area contributed by atoms with E-state index in [1.165, 1.54) is 13.2 Å². The Labute approximate surface area is 137 Å². The Kier molecular flexibility index (Phi) is 5.23. The Morgan fingerprint density at radius 3 is 2.42 bits per heavy atom. The van der Waals surface area contributed by atoms with Crippen LogP contribution in [-0.2, 0) is 16.5 Å². The number of halogens is 3. The van der Waals surface area contributed by atoms with Crippen molar-refractivity contribution in [1.82, 2.24) is 10.3 Å². The third-order valence-corrected chi connectivity index (χ3v) is 3.74. The maximum Gasteiger partial charge on any atom is 0.434 e. The Morgan fingerprint density at radius 1 is 1.17 bits per heavy atom. The van der Waals surface area contributed by atoms with Crippen molar-refractivity contribution in [2.24, 2.45) is 0 Å². The summed E-state index contributed by atoms with van der Waals surface area (Å²) in [5.41, 5.74) is -1.79. The molecule has 2 rings (SSSR count). The number of amides is 1. The summed E-state index contributed by atoms with van der Waals surface area (Å²) in [6, 6.07) is 11.5. The minimum absolute atomic E-state index is 0.0124. The molecule has 128 valence electrons. The highest BCUT2D eigenvalue weighted by Crippen LogP contribution is 2.30. The highest BCUT2D eigenvalue weighted by molar-refractivity contribution is 5.95. The zero-order valence-corrected chi connectivity index (χ0v) is 13.2. The largest absolute Gasteiger partial charge is 0.434 e. The molecule has 0 fully saturated rings. The number of carbonyl (C=O) groups excluding carboxylic acids is 1. The fourth-order valence-electron chi connectivity index (χ4n) is 2.24. The number of aromatic nitrogens is 1. The molecular weight excluding hydrogens is 321 g/mol. The van der Waals surface area contributed by atoms with Gasteiger partial charge in [0.1, 0.15) is 5.60 Å². The van der Waals surface area contributed by atoms with E-state index in [2.05, 4.69) is 10.3 Å². The lowest BCUT2D eigenvalue weighted by atomic mass is 9.95. The van der Waals surface area contributed by atoms with Crippen LogP contribution in [0.5, 0.6) is 0 Å². The molecule has 0 unspecified atom stereocenters. The van der Waals surface area contributed by atoms with Crippen molar-refractivity contribution in [1.29, 1.82) is 0 Å². The average molecular weight is 338 g/mol. The zero-order valence-electron chi connectivity index (χ0n) is 13.2. The lowest BCUT2D eigenvalue weighted by molar-refractivity contribution is -0.141. The molecule has 0 aliphatic rings. The number of benzene rings is 1. The van der Waals surface area contributed by atoms with Crippen LogP contribution >= 0.6 is 0 Å². The lowest BCUT2D eigenvalue weighted by Gasteiger charge is -2.29. The molecule has 24 heavy (non-hydrogen) atoms. The molecule has 0 bridgehead atoms. The maximum absolute atomic E-state index is 12.9. The molecule has 1 atom stereocenters. The van der Waals surface area contributed by atoms with E-state index in [-0.39, 0.29) is 6.54 Å². The van der Waals surface area contributed by atoms with Crippen LogP contribution in [0.3, 0.4) is 0 Å². The lowest BCUT2D eigenvalue weighted by Crippen LogP contribution is -2.40. The number of alkyl halides is 3. The molecule has 1 aromatic carbocycles. The fourth-order valence-corrected chi connectivity index (χ4v) is 2.24. The van der Waals surface area contributed by atoms with Gasteiger partial charge in [0.25, 0.3) is 5.91 Å². The van der Waals surface area contributed by atoms with Gasteiger partial charge in [-0.25, -0.2) is 0 Å². The first-order chi connectivity index (χ1) is 11.3. The molecule has 1 aromatic heterocycles. The van der Waals surface area contributed by atoms with Crippen LogP contribution in [-0.4, -0.2) is 24.5 Å². The third-order valence-electron chi connectivity index (χ3n) is 3.74. The van der Waals surface area contributed by atoms with E-state index in [0.29, 0.717) is 0 Å². The normalized spacial score (nSPS) is 14.0. The average Bonchev–Trinajstić information content (AvgIpc) is 2.59. The van der Waals surface area contributed by atoms with Crippen LogP contribution in [0.4, 0.5) is 13.2 Å². The number of carbonyl (C=O) groups is 1. The topological polar surface area (TPSA) is 51.2 Å². The molecule has 7 heteroatoms. The van der Waals surface area contributed by atoms with E-state index in [9.17, 15) is 18.0 Å². The smallest absolute Gasteiger partial charge is 0.372 e. The first-order valence-electron chi connectivity index (χ1n) is 7.19. The second-order valence-corrected chi connectivity index (χ2v) is 5.38. The summed E-state index contributed by atoms with van der Waals surface area (Å²) in [6.07, 6.45) is -3.69. The van der Waals surface area contributed by atoms with Crippen LogP contribution in [0.15, 0.2) is 48.7 Å². The van der Waals surface area contributed by atoms with Crippen LogP contribution in [0.25, 0.3) is 0 Å². The van der Waals surface area contributed by atoms with E-state index < -0.39 is 28.9 Å². The molecule has 0 spiro atoms. The van der Waals surface area contributed by atoms with Crippen LogP contribution < -0.4 is 5.32 Å². The minimum Gasteiger partial charge on any atom is -0.372 e. The van der Waals surface area contributed by atoms with Crippen molar-refractivity contribution < 1.29 is 22.7 Å². The number of hydrogen-bond donors (Lipinski definition) is 1. The Morgan fingerprint density at radius 2 is 1.83 bits per heavy atom. The van der Waals surface area contributed by atoms with E-state index in [1.54, 1.807) is 6.92 Å². The van der Waals surface area contributed by atoms with Gasteiger partial charge in [-0.15, -0.1) is 0 Å². The SMILES string of the molecule is CO[C@@](C)(CNC(=O)c1cccnc1C(F)(F)F)c1ccccc1. The summed E-state index contributed by atoms with van der Waals surface area (Å²) >= 11 is 0. The van der Waals surface area contributed by atoms with Crippen molar-refractivity contribution in [3.8, 4) is 0 Å². The molecule has 0 radical (unpaired) electrons. The highest BCUT2D eigenvalue weighted by Gasteiger charge is 2.37. The molecule has 1 N–H and O–H groups in total. The van der Waals surface area contributed by atoms with Crippen LogP contribution in [0.2, 0.25) is 0 Å². The Bertz CT molecular complexity index is 704. The third kappa shape index (κ3) is 3.91. The highest BCUT2D eigenvalue weighted by atomic mass is 19.4. The number of nitrogens with zero attached hydrogens (tertiary/aromatic N) is 1. The molecule has 0 saturated heterocycles. The van der Waals surface area contributed by atoms with E-state index in [0.717, 1.165) is 17.8 Å². The quantitative estimate of drug-likeness (QED) is 0.909. The van der Waals surface area contributed by atoms with E-state index >= 15 is 0 Å². The summed E-state index contributed by atoms with van der Waals surface area (Å²) in [4.78, 5) is 15.5. The number of methoxy groups -OCH3 is 1. The first kappa shape index (κ1) is 17.9. The molecule has 2 aromatic rings. The maximum atomic E-state index is 12.9. The summed E-state index contributed by atoms with van der Waals surface area (Å²) in [7, 11) is 1.48. The predicted molar refractivity (Wildman–Crippen MR) is 82.4 cm³/mol. The van der Waals surface area contributed by atoms with Crippen LogP contribution in [0, 0.1) is 0 Å². The van der Waals surface area contributed by atoms with Crippen molar-refractivity contribution in [2.75, 3.05) is 13.7 Å². The van der Waals surface area contributed by atoms with Gasteiger partial charge in [-0.1, -0.05) is 30.3 Å². The van der Waals surface area contributed by atoms with Gasteiger partial charge < -0.3 is 10.1 Å². The van der Waals surface area contributed by atoms with Crippen molar-refractivity contribution in [3.05, 3.63) is 65.5 Å². The van der Waals surface area contributed by atoms with Gasteiger partial charge in [0.05, 0.1) is 12.1 Å². The van der Waals surface area contributed by atoms with Gasteiger partial charge in [-0.05, 0) is 24.6 Å². The second-order valence-electron chi connectivity index (χ2n) is 5.38. The molecule has 4 nitrogen and oxygen atoms in total. The van der Waals surface area contributed by atoms with Gasteiger partial charge in [0.2, 0.25) is 0 Å². The molecule has 1 heterocycles. The van der Waals surface area contributed by atoms with Gasteiger partial charge in [-0.2, -0.15) is 13.2 Å². The number of nitrogens with one attached hydrogen (secondary N) is 1. The Hall–Kier alpha value is -2.41. The molecule has 1 amide bonds. The second kappa shape index (κ2) is 7.00. The number of hydrogen-bond acceptors (Lipinski definition) is 3. The summed E-state index contributed by atoms with van der Waals surface area (Å²) in [5.74, 6) is -0.852. The summed E-state index contributed by atoms with van der Waals surface area (Å²) < 4.78 is 44.3.